The fraction of sp³-hybridized carbons (Fsp3) is 0.615. The maximum Gasteiger partial charge on any atom is 0.311 e. The standard InChI is InChI=1S/C13H20N4O2/c1-3-16-8-6-11(7-9-16)15-13-12(17(18)19)5-4-10(2)14-13/h4-5,11H,3,6-9H2,1-2H3,(H,14,15). The van der Waals surface area contributed by atoms with E-state index in [4.69, 9.17) is 0 Å². The molecule has 19 heavy (non-hydrogen) atoms. The molecule has 0 amide bonds. The van der Waals surface area contributed by atoms with Crippen molar-refractivity contribution in [1.29, 1.82) is 0 Å². The van der Waals surface area contributed by atoms with E-state index in [1.807, 2.05) is 6.92 Å². The van der Waals surface area contributed by atoms with Crippen molar-refractivity contribution in [2.45, 2.75) is 32.7 Å². The second-order valence-electron chi connectivity index (χ2n) is 4.93. The molecule has 0 radical (unpaired) electrons. The van der Waals surface area contributed by atoms with Crippen LogP contribution >= 0.6 is 0 Å². The summed E-state index contributed by atoms with van der Waals surface area (Å²) in [5, 5.41) is 14.2. The van der Waals surface area contributed by atoms with E-state index in [0.29, 0.717) is 5.82 Å². The van der Waals surface area contributed by atoms with Crippen molar-refractivity contribution in [2.75, 3.05) is 25.0 Å². The Hall–Kier alpha value is -1.69. The Kier molecular flexibility index (Phi) is 4.31. The van der Waals surface area contributed by atoms with Crippen molar-refractivity contribution in [2.24, 2.45) is 0 Å². The second kappa shape index (κ2) is 5.97. The van der Waals surface area contributed by atoms with Gasteiger partial charge >= 0.3 is 5.69 Å². The molecule has 0 spiro atoms. The number of likely N-dealkylation sites (tertiary alicyclic amines) is 1. The molecule has 6 nitrogen and oxygen atoms in total. The molecule has 104 valence electrons. The fourth-order valence-corrected chi connectivity index (χ4v) is 2.39. The maximum atomic E-state index is 11.0. The van der Waals surface area contributed by atoms with E-state index in [0.717, 1.165) is 38.2 Å². The quantitative estimate of drug-likeness (QED) is 0.666. The SMILES string of the molecule is CCN1CCC(Nc2nc(C)ccc2[N+](=O)[O-])CC1. The minimum Gasteiger partial charge on any atom is -0.362 e. The summed E-state index contributed by atoms with van der Waals surface area (Å²) in [4.78, 5) is 17.3. The smallest absolute Gasteiger partial charge is 0.311 e. The average Bonchev–Trinajstić information content (AvgIpc) is 2.39. The number of hydrogen-bond acceptors (Lipinski definition) is 5. The van der Waals surface area contributed by atoms with Gasteiger partial charge in [0.05, 0.1) is 4.92 Å². The third kappa shape index (κ3) is 3.41. The number of anilines is 1. The highest BCUT2D eigenvalue weighted by molar-refractivity contribution is 5.56. The third-order valence-electron chi connectivity index (χ3n) is 3.59. The minimum atomic E-state index is -0.379. The van der Waals surface area contributed by atoms with Gasteiger partial charge in [-0.15, -0.1) is 0 Å². The molecule has 1 aromatic rings. The molecule has 2 heterocycles. The predicted octanol–water partition coefficient (Wildman–Crippen LogP) is 2.19. The van der Waals surface area contributed by atoms with Crippen LogP contribution in [-0.2, 0) is 0 Å². The molecule has 0 saturated carbocycles. The van der Waals surface area contributed by atoms with Gasteiger partial charge in [0.25, 0.3) is 0 Å². The molecule has 1 aliphatic rings. The predicted molar refractivity (Wildman–Crippen MR) is 74.4 cm³/mol. The zero-order chi connectivity index (χ0) is 13.8. The third-order valence-corrected chi connectivity index (χ3v) is 3.59. The van der Waals surface area contributed by atoms with E-state index in [-0.39, 0.29) is 16.7 Å². The number of nitro groups is 1. The first-order valence-corrected chi connectivity index (χ1v) is 6.71. The van der Waals surface area contributed by atoms with E-state index in [2.05, 4.69) is 22.1 Å². The first kappa shape index (κ1) is 13.7. The number of nitrogens with one attached hydrogen (secondary N) is 1. The molecule has 1 N–H and O–H groups in total. The van der Waals surface area contributed by atoms with Crippen molar-refractivity contribution in [3.63, 3.8) is 0 Å². The molecular formula is C13H20N4O2. The van der Waals surface area contributed by atoms with E-state index < -0.39 is 0 Å². The van der Waals surface area contributed by atoms with Gasteiger partial charge in [-0.05, 0) is 32.4 Å². The van der Waals surface area contributed by atoms with Crippen molar-refractivity contribution in [3.05, 3.63) is 27.9 Å². The lowest BCUT2D eigenvalue weighted by molar-refractivity contribution is -0.384. The van der Waals surface area contributed by atoms with E-state index in [1.54, 1.807) is 6.07 Å². The fourth-order valence-electron chi connectivity index (χ4n) is 2.39. The van der Waals surface area contributed by atoms with Crippen LogP contribution in [0.5, 0.6) is 0 Å². The van der Waals surface area contributed by atoms with Gasteiger partial charge in [0, 0.05) is 30.9 Å². The van der Waals surface area contributed by atoms with Crippen LogP contribution in [0.4, 0.5) is 11.5 Å². The Morgan fingerprint density at radius 3 is 2.74 bits per heavy atom. The Morgan fingerprint density at radius 2 is 2.16 bits per heavy atom. The molecule has 1 aliphatic heterocycles. The topological polar surface area (TPSA) is 71.3 Å². The molecule has 0 atom stereocenters. The molecule has 1 aromatic heterocycles. The molecule has 1 fully saturated rings. The Balaban J connectivity index is 2.06. The van der Waals surface area contributed by atoms with Crippen molar-refractivity contribution >= 4 is 11.5 Å². The molecule has 2 rings (SSSR count). The Bertz CT molecular complexity index is 456. The van der Waals surface area contributed by atoms with Crippen LogP contribution in [0.25, 0.3) is 0 Å². The second-order valence-corrected chi connectivity index (χ2v) is 4.93. The molecule has 0 aliphatic carbocycles. The summed E-state index contributed by atoms with van der Waals surface area (Å²) in [7, 11) is 0. The first-order valence-electron chi connectivity index (χ1n) is 6.71. The largest absolute Gasteiger partial charge is 0.362 e. The zero-order valence-corrected chi connectivity index (χ0v) is 11.4. The molecule has 0 unspecified atom stereocenters. The highest BCUT2D eigenvalue weighted by Crippen LogP contribution is 2.24. The van der Waals surface area contributed by atoms with E-state index in [1.165, 1.54) is 6.07 Å². The lowest BCUT2D eigenvalue weighted by Gasteiger charge is -2.31. The van der Waals surface area contributed by atoms with Crippen LogP contribution in [0.2, 0.25) is 0 Å². The van der Waals surface area contributed by atoms with Gasteiger partial charge in [-0.25, -0.2) is 4.98 Å². The molecule has 1 saturated heterocycles. The van der Waals surface area contributed by atoms with Gasteiger partial charge in [-0.1, -0.05) is 6.92 Å². The molecular weight excluding hydrogens is 244 g/mol. The minimum absolute atomic E-state index is 0.0588. The van der Waals surface area contributed by atoms with Crippen LogP contribution in [0.15, 0.2) is 12.1 Å². The van der Waals surface area contributed by atoms with Crippen LogP contribution in [0.1, 0.15) is 25.5 Å². The van der Waals surface area contributed by atoms with Crippen LogP contribution in [0.3, 0.4) is 0 Å². The van der Waals surface area contributed by atoms with Crippen LogP contribution < -0.4 is 5.32 Å². The maximum absolute atomic E-state index is 11.0. The van der Waals surface area contributed by atoms with Gasteiger partial charge < -0.3 is 10.2 Å². The Labute approximate surface area is 113 Å². The zero-order valence-electron chi connectivity index (χ0n) is 11.4. The Morgan fingerprint density at radius 1 is 1.47 bits per heavy atom. The van der Waals surface area contributed by atoms with Crippen LogP contribution in [-0.4, -0.2) is 40.5 Å². The summed E-state index contributed by atoms with van der Waals surface area (Å²) in [6.45, 7) is 7.13. The summed E-state index contributed by atoms with van der Waals surface area (Å²) in [6.07, 6.45) is 2.00. The summed E-state index contributed by atoms with van der Waals surface area (Å²) >= 11 is 0. The molecule has 0 bridgehead atoms. The normalized spacial score (nSPS) is 17.4. The number of hydrogen-bond donors (Lipinski definition) is 1. The molecule has 0 aromatic carbocycles. The van der Waals surface area contributed by atoms with Crippen molar-refractivity contribution < 1.29 is 4.92 Å². The first-order chi connectivity index (χ1) is 9.10. The lowest BCUT2D eigenvalue weighted by Crippen LogP contribution is -2.39. The van der Waals surface area contributed by atoms with E-state index in [9.17, 15) is 10.1 Å². The van der Waals surface area contributed by atoms with E-state index >= 15 is 0 Å². The van der Waals surface area contributed by atoms with Gasteiger partial charge in [-0.3, -0.25) is 10.1 Å². The summed E-state index contributed by atoms with van der Waals surface area (Å²) in [6, 6.07) is 3.46. The average molecular weight is 264 g/mol. The van der Waals surface area contributed by atoms with Gasteiger partial charge in [0.1, 0.15) is 0 Å². The molecule has 6 heteroatoms. The number of rotatable bonds is 4. The summed E-state index contributed by atoms with van der Waals surface area (Å²) in [5.41, 5.74) is 0.850. The summed E-state index contributed by atoms with van der Waals surface area (Å²) in [5.74, 6) is 0.403. The summed E-state index contributed by atoms with van der Waals surface area (Å²) < 4.78 is 0. The van der Waals surface area contributed by atoms with Gasteiger partial charge in [0.15, 0.2) is 0 Å². The highest BCUT2D eigenvalue weighted by Gasteiger charge is 2.22. The van der Waals surface area contributed by atoms with Crippen molar-refractivity contribution in [1.82, 2.24) is 9.88 Å². The van der Waals surface area contributed by atoms with Crippen LogP contribution in [0, 0.1) is 17.0 Å². The number of aromatic nitrogens is 1. The van der Waals surface area contributed by atoms with Gasteiger partial charge in [-0.2, -0.15) is 0 Å². The number of piperidine rings is 1. The number of pyridine rings is 1. The lowest BCUT2D eigenvalue weighted by atomic mass is 10.1. The van der Waals surface area contributed by atoms with Gasteiger partial charge in [0.2, 0.25) is 5.82 Å². The monoisotopic (exact) mass is 264 g/mol. The number of nitrogens with zero attached hydrogens (tertiary/aromatic N) is 3. The highest BCUT2D eigenvalue weighted by atomic mass is 16.6. The van der Waals surface area contributed by atoms with Crippen molar-refractivity contribution in [3.8, 4) is 0 Å². The number of aryl methyl sites for hydroxylation is 1.